The van der Waals surface area contributed by atoms with Crippen molar-refractivity contribution in [3.05, 3.63) is 47.1 Å². The quantitative estimate of drug-likeness (QED) is 0.754. The van der Waals surface area contributed by atoms with E-state index in [1.807, 2.05) is 36.4 Å². The maximum Gasteiger partial charge on any atom is 0.217 e. The molecular weight excluding hydrogens is 340 g/mol. The molecule has 0 amide bonds. The van der Waals surface area contributed by atoms with Gasteiger partial charge in [-0.05, 0) is 37.6 Å². The second-order valence-electron chi connectivity index (χ2n) is 6.29. The van der Waals surface area contributed by atoms with Crippen LogP contribution in [0.15, 0.2) is 36.4 Å². The average Bonchev–Trinajstić information content (AvgIpc) is 2.59. The van der Waals surface area contributed by atoms with Gasteiger partial charge in [-0.2, -0.15) is 0 Å². The molecule has 5 nitrogen and oxygen atoms in total. The number of methoxy groups -OCH3 is 1. The van der Waals surface area contributed by atoms with Gasteiger partial charge in [0.25, 0.3) is 0 Å². The number of aromatic nitrogens is 1. The molecule has 6 heteroatoms. The molecule has 1 aliphatic heterocycles. The molecule has 0 N–H and O–H groups in total. The minimum absolute atomic E-state index is 0.180. The summed E-state index contributed by atoms with van der Waals surface area (Å²) in [5.41, 5.74) is 2.05. The molecule has 0 saturated carbocycles. The number of anilines is 1. The summed E-state index contributed by atoms with van der Waals surface area (Å²) in [5, 5.41) is 0.425. The molecule has 1 aromatic heterocycles. The van der Waals surface area contributed by atoms with E-state index in [9.17, 15) is 0 Å². The number of morpholine rings is 1. The third-order valence-electron chi connectivity index (χ3n) is 4.09. The van der Waals surface area contributed by atoms with Crippen molar-refractivity contribution in [2.45, 2.75) is 32.7 Å². The van der Waals surface area contributed by atoms with Gasteiger partial charge in [0.05, 0.1) is 19.3 Å². The molecule has 1 saturated heterocycles. The van der Waals surface area contributed by atoms with E-state index in [0.717, 1.165) is 30.1 Å². The number of hydrogen-bond acceptors (Lipinski definition) is 5. The van der Waals surface area contributed by atoms with Crippen LogP contribution in [0.1, 0.15) is 19.4 Å². The number of pyridine rings is 1. The zero-order valence-corrected chi connectivity index (χ0v) is 15.5. The van der Waals surface area contributed by atoms with Crippen LogP contribution >= 0.6 is 11.6 Å². The predicted molar refractivity (Wildman–Crippen MR) is 98.8 cm³/mol. The lowest BCUT2D eigenvalue weighted by molar-refractivity contribution is -0.00523. The normalized spacial score (nSPS) is 20.4. The van der Waals surface area contributed by atoms with Gasteiger partial charge in [-0.3, -0.25) is 0 Å². The number of halogens is 1. The summed E-state index contributed by atoms with van der Waals surface area (Å²) < 4.78 is 16.8. The minimum Gasteiger partial charge on any atom is -0.497 e. The molecule has 0 radical (unpaired) electrons. The van der Waals surface area contributed by atoms with Crippen LogP contribution in [-0.2, 0) is 11.3 Å². The van der Waals surface area contributed by atoms with Crippen LogP contribution in [0.25, 0.3) is 0 Å². The summed E-state index contributed by atoms with van der Waals surface area (Å²) in [4.78, 5) is 6.53. The first-order valence-electron chi connectivity index (χ1n) is 8.37. The highest BCUT2D eigenvalue weighted by atomic mass is 35.5. The molecule has 1 fully saturated rings. The van der Waals surface area contributed by atoms with Gasteiger partial charge in [-0.15, -0.1) is 0 Å². The van der Waals surface area contributed by atoms with E-state index in [1.165, 1.54) is 0 Å². The van der Waals surface area contributed by atoms with Crippen molar-refractivity contribution in [3.8, 4) is 11.6 Å². The van der Waals surface area contributed by atoms with Gasteiger partial charge in [0.15, 0.2) is 0 Å². The van der Waals surface area contributed by atoms with Gasteiger partial charge >= 0.3 is 0 Å². The number of hydrogen-bond donors (Lipinski definition) is 0. The van der Waals surface area contributed by atoms with Crippen LogP contribution in [0.4, 0.5) is 5.69 Å². The highest BCUT2D eigenvalue weighted by Crippen LogP contribution is 2.27. The van der Waals surface area contributed by atoms with Gasteiger partial charge in [0, 0.05) is 24.8 Å². The fraction of sp³-hybridized carbons (Fsp3) is 0.421. The monoisotopic (exact) mass is 362 g/mol. The SMILES string of the molecule is COc1ccc(COc2cc(N3C[C@@H](C)O[C@H](C)C3)cc(Cl)n2)cc1. The minimum atomic E-state index is 0.180. The van der Waals surface area contributed by atoms with Crippen LogP contribution in [0.5, 0.6) is 11.6 Å². The number of nitrogens with zero attached hydrogens (tertiary/aromatic N) is 2. The van der Waals surface area contributed by atoms with Gasteiger partial charge in [0.1, 0.15) is 17.5 Å². The molecule has 0 unspecified atom stereocenters. The van der Waals surface area contributed by atoms with E-state index in [2.05, 4.69) is 23.7 Å². The summed E-state index contributed by atoms with van der Waals surface area (Å²) in [6.07, 6.45) is 0.360. The Kier molecular flexibility index (Phi) is 5.66. The fourth-order valence-electron chi connectivity index (χ4n) is 2.98. The Balaban J connectivity index is 1.70. The Morgan fingerprint density at radius 3 is 2.48 bits per heavy atom. The lowest BCUT2D eigenvalue weighted by Crippen LogP contribution is -2.45. The third kappa shape index (κ3) is 4.77. The zero-order valence-electron chi connectivity index (χ0n) is 14.7. The molecular formula is C19H23ClN2O3. The number of benzene rings is 1. The van der Waals surface area contributed by atoms with Gasteiger partial charge in [0.2, 0.25) is 5.88 Å². The van der Waals surface area contributed by atoms with E-state index >= 15 is 0 Å². The van der Waals surface area contributed by atoms with Crippen LogP contribution in [0.3, 0.4) is 0 Å². The molecule has 1 aromatic carbocycles. The predicted octanol–water partition coefficient (Wildman–Crippen LogP) is 3.94. The van der Waals surface area contributed by atoms with Gasteiger partial charge in [-0.1, -0.05) is 23.7 Å². The lowest BCUT2D eigenvalue weighted by atomic mass is 10.2. The first kappa shape index (κ1) is 17.8. The highest BCUT2D eigenvalue weighted by Gasteiger charge is 2.23. The zero-order chi connectivity index (χ0) is 17.8. The van der Waals surface area contributed by atoms with Crippen molar-refractivity contribution >= 4 is 17.3 Å². The highest BCUT2D eigenvalue weighted by molar-refractivity contribution is 6.29. The second kappa shape index (κ2) is 7.93. The van der Waals surface area contributed by atoms with E-state index in [1.54, 1.807) is 7.11 Å². The van der Waals surface area contributed by atoms with Crippen molar-refractivity contribution in [1.29, 1.82) is 0 Å². The summed E-state index contributed by atoms with van der Waals surface area (Å²) >= 11 is 6.20. The molecule has 2 aromatic rings. The first-order chi connectivity index (χ1) is 12.0. The Bertz CT molecular complexity index is 698. The van der Waals surface area contributed by atoms with E-state index in [-0.39, 0.29) is 12.2 Å². The molecule has 0 bridgehead atoms. The molecule has 25 heavy (non-hydrogen) atoms. The molecule has 3 rings (SSSR count). The van der Waals surface area contributed by atoms with Crippen molar-refractivity contribution < 1.29 is 14.2 Å². The van der Waals surface area contributed by atoms with Crippen molar-refractivity contribution in [3.63, 3.8) is 0 Å². The standard InChI is InChI=1S/C19H23ClN2O3/c1-13-10-22(11-14(2)25-13)16-8-18(20)21-19(9-16)24-12-15-4-6-17(23-3)7-5-15/h4-9,13-14H,10-12H2,1-3H3/t13-,14-/m1/s1. The molecule has 2 heterocycles. The van der Waals surface area contributed by atoms with Crippen LogP contribution in [-0.4, -0.2) is 37.4 Å². The summed E-state index contributed by atoms with van der Waals surface area (Å²) in [6, 6.07) is 11.6. The van der Waals surface area contributed by atoms with E-state index in [4.69, 9.17) is 25.8 Å². The number of ether oxygens (including phenoxy) is 3. The van der Waals surface area contributed by atoms with Crippen molar-refractivity contribution in [1.82, 2.24) is 4.98 Å². The van der Waals surface area contributed by atoms with Crippen LogP contribution in [0, 0.1) is 0 Å². The fourth-order valence-corrected chi connectivity index (χ4v) is 3.18. The van der Waals surface area contributed by atoms with Crippen LogP contribution < -0.4 is 14.4 Å². The molecule has 2 atom stereocenters. The van der Waals surface area contributed by atoms with Crippen molar-refractivity contribution in [2.24, 2.45) is 0 Å². The third-order valence-corrected chi connectivity index (χ3v) is 4.28. The smallest absolute Gasteiger partial charge is 0.217 e. The topological polar surface area (TPSA) is 43.8 Å². The Hall–Kier alpha value is -1.98. The second-order valence-corrected chi connectivity index (χ2v) is 6.67. The van der Waals surface area contributed by atoms with Gasteiger partial charge in [-0.25, -0.2) is 4.98 Å². The maximum absolute atomic E-state index is 6.20. The summed E-state index contributed by atoms with van der Waals surface area (Å²) in [6.45, 7) is 6.22. The molecule has 1 aliphatic rings. The maximum atomic E-state index is 6.20. The molecule has 134 valence electrons. The van der Waals surface area contributed by atoms with Gasteiger partial charge < -0.3 is 19.1 Å². The van der Waals surface area contributed by atoms with E-state index < -0.39 is 0 Å². The van der Waals surface area contributed by atoms with Crippen LogP contribution in [0.2, 0.25) is 5.15 Å². The van der Waals surface area contributed by atoms with Crippen molar-refractivity contribution in [2.75, 3.05) is 25.1 Å². The van der Waals surface area contributed by atoms with E-state index in [0.29, 0.717) is 17.6 Å². The lowest BCUT2D eigenvalue weighted by Gasteiger charge is -2.36. The summed E-state index contributed by atoms with van der Waals surface area (Å²) in [7, 11) is 1.65. The Morgan fingerprint density at radius 2 is 1.84 bits per heavy atom. The number of rotatable bonds is 5. The average molecular weight is 363 g/mol. The Morgan fingerprint density at radius 1 is 1.16 bits per heavy atom. The largest absolute Gasteiger partial charge is 0.497 e. The first-order valence-corrected chi connectivity index (χ1v) is 8.75. The Labute approximate surface area is 153 Å². The molecule has 0 aliphatic carbocycles. The molecule has 0 spiro atoms. The summed E-state index contributed by atoms with van der Waals surface area (Å²) in [5.74, 6) is 1.34.